The van der Waals surface area contributed by atoms with E-state index < -0.39 is 17.5 Å². The van der Waals surface area contributed by atoms with Gasteiger partial charge < -0.3 is 14.2 Å². The van der Waals surface area contributed by atoms with Gasteiger partial charge in [-0.3, -0.25) is 4.90 Å². The number of hydrogen-bond donors (Lipinski definition) is 0. The monoisotopic (exact) mass is 310 g/mol. The van der Waals surface area contributed by atoms with Crippen molar-refractivity contribution >= 4 is 6.09 Å². The molecule has 4 atom stereocenters. The Hall–Kier alpha value is -1.32. The van der Waals surface area contributed by atoms with Crippen LogP contribution in [0.1, 0.15) is 54.4 Å². The summed E-state index contributed by atoms with van der Waals surface area (Å²) in [6, 6.07) is 1.68. The van der Waals surface area contributed by atoms with Crippen molar-refractivity contribution in [2.45, 2.75) is 90.1 Å². The van der Waals surface area contributed by atoms with Gasteiger partial charge in [0, 0.05) is 0 Å². The van der Waals surface area contributed by atoms with E-state index in [1.54, 1.807) is 4.90 Å². The van der Waals surface area contributed by atoms with Crippen molar-refractivity contribution in [3.05, 3.63) is 0 Å². The number of nitriles is 1. The standard InChI is InChI=1S/C16H26N2O4/c1-7-10-12-13(21-16(5,6)20-12)11(8-9-17)18(10)14(19)22-15(2,3)4/h10-13H,7-8H2,1-6H3. The lowest BCUT2D eigenvalue weighted by Crippen LogP contribution is -2.48. The number of nitrogens with zero attached hydrogens (tertiary/aromatic N) is 2. The van der Waals surface area contributed by atoms with Gasteiger partial charge in [0.05, 0.1) is 24.6 Å². The van der Waals surface area contributed by atoms with Gasteiger partial charge in [-0.1, -0.05) is 6.92 Å². The molecule has 6 heteroatoms. The lowest BCUT2D eigenvalue weighted by molar-refractivity contribution is -0.166. The summed E-state index contributed by atoms with van der Waals surface area (Å²) in [5.41, 5.74) is -0.578. The van der Waals surface area contributed by atoms with Gasteiger partial charge in [0.2, 0.25) is 0 Å². The zero-order valence-electron chi connectivity index (χ0n) is 14.3. The van der Waals surface area contributed by atoms with E-state index in [9.17, 15) is 4.79 Å². The predicted molar refractivity (Wildman–Crippen MR) is 80.0 cm³/mol. The van der Waals surface area contributed by atoms with E-state index >= 15 is 0 Å². The van der Waals surface area contributed by atoms with E-state index in [0.29, 0.717) is 0 Å². The molecular weight excluding hydrogens is 284 g/mol. The fourth-order valence-corrected chi connectivity index (χ4v) is 3.30. The van der Waals surface area contributed by atoms with Crippen molar-refractivity contribution in [3.8, 4) is 6.07 Å². The van der Waals surface area contributed by atoms with Crippen molar-refractivity contribution < 1.29 is 19.0 Å². The Bertz CT molecular complexity index is 478. The number of ether oxygens (including phenoxy) is 3. The summed E-state index contributed by atoms with van der Waals surface area (Å²) < 4.78 is 17.5. The number of hydrogen-bond acceptors (Lipinski definition) is 5. The highest BCUT2D eigenvalue weighted by Crippen LogP contribution is 2.42. The molecule has 0 aliphatic carbocycles. The van der Waals surface area contributed by atoms with Gasteiger partial charge in [-0.2, -0.15) is 5.26 Å². The number of amides is 1. The van der Waals surface area contributed by atoms with Crippen LogP contribution in [-0.2, 0) is 14.2 Å². The zero-order chi connectivity index (χ0) is 16.7. The summed E-state index contributed by atoms with van der Waals surface area (Å²) in [6.45, 7) is 11.2. The average molecular weight is 310 g/mol. The van der Waals surface area contributed by atoms with Crippen molar-refractivity contribution in [2.75, 3.05) is 0 Å². The summed E-state index contributed by atoms with van der Waals surface area (Å²) in [4.78, 5) is 14.2. The van der Waals surface area contributed by atoms with Crippen LogP contribution in [0.4, 0.5) is 4.79 Å². The summed E-state index contributed by atoms with van der Waals surface area (Å²) >= 11 is 0. The summed E-state index contributed by atoms with van der Waals surface area (Å²) in [7, 11) is 0. The first-order valence-electron chi connectivity index (χ1n) is 7.83. The molecule has 0 N–H and O–H groups in total. The molecule has 124 valence electrons. The molecule has 4 unspecified atom stereocenters. The zero-order valence-corrected chi connectivity index (χ0v) is 14.3. The molecule has 0 radical (unpaired) electrons. The van der Waals surface area contributed by atoms with E-state index in [4.69, 9.17) is 19.5 Å². The summed E-state index contributed by atoms with van der Waals surface area (Å²) in [5.74, 6) is -0.684. The van der Waals surface area contributed by atoms with Crippen LogP contribution < -0.4 is 0 Å². The molecule has 22 heavy (non-hydrogen) atoms. The van der Waals surface area contributed by atoms with Crippen LogP contribution in [0.2, 0.25) is 0 Å². The van der Waals surface area contributed by atoms with Crippen molar-refractivity contribution in [1.82, 2.24) is 4.90 Å². The minimum Gasteiger partial charge on any atom is -0.444 e. The minimum absolute atomic E-state index is 0.139. The molecule has 0 aromatic carbocycles. The Labute approximate surface area is 132 Å². The molecule has 0 spiro atoms. The first-order valence-corrected chi connectivity index (χ1v) is 7.83. The molecule has 1 amide bonds. The first-order chi connectivity index (χ1) is 10.1. The van der Waals surface area contributed by atoms with E-state index in [-0.39, 0.29) is 30.7 Å². The highest BCUT2D eigenvalue weighted by atomic mass is 16.8. The maximum Gasteiger partial charge on any atom is 0.411 e. The van der Waals surface area contributed by atoms with Gasteiger partial charge in [0.15, 0.2) is 5.79 Å². The quantitative estimate of drug-likeness (QED) is 0.784. The second kappa shape index (κ2) is 5.71. The van der Waals surface area contributed by atoms with Gasteiger partial charge in [0.25, 0.3) is 0 Å². The van der Waals surface area contributed by atoms with Gasteiger partial charge in [-0.15, -0.1) is 0 Å². The molecule has 2 aliphatic rings. The van der Waals surface area contributed by atoms with E-state index in [1.807, 2.05) is 41.5 Å². The molecule has 0 aromatic heterocycles. The molecule has 2 aliphatic heterocycles. The largest absolute Gasteiger partial charge is 0.444 e. The lowest BCUT2D eigenvalue weighted by atomic mass is 10.1. The van der Waals surface area contributed by atoms with Crippen LogP contribution in [0, 0.1) is 11.3 Å². The minimum atomic E-state index is -0.684. The Morgan fingerprint density at radius 1 is 1.27 bits per heavy atom. The smallest absolute Gasteiger partial charge is 0.411 e. The predicted octanol–water partition coefficient (Wildman–Crippen LogP) is 2.82. The molecule has 0 saturated carbocycles. The first kappa shape index (κ1) is 17.0. The van der Waals surface area contributed by atoms with Crippen LogP contribution in [-0.4, -0.2) is 46.7 Å². The van der Waals surface area contributed by atoms with E-state index in [0.717, 1.165) is 6.42 Å². The molecular formula is C16H26N2O4. The third-order valence-electron chi connectivity index (χ3n) is 3.96. The number of rotatable bonds is 2. The third kappa shape index (κ3) is 3.21. The van der Waals surface area contributed by atoms with E-state index in [2.05, 4.69) is 6.07 Å². The van der Waals surface area contributed by atoms with Crippen LogP contribution in [0.25, 0.3) is 0 Å². The summed E-state index contributed by atoms with van der Waals surface area (Å²) in [5, 5.41) is 9.14. The fraction of sp³-hybridized carbons (Fsp3) is 0.875. The maximum absolute atomic E-state index is 12.6. The molecule has 6 nitrogen and oxygen atoms in total. The van der Waals surface area contributed by atoms with Crippen LogP contribution in [0.5, 0.6) is 0 Å². The van der Waals surface area contributed by atoms with Gasteiger partial charge >= 0.3 is 6.09 Å². The lowest BCUT2D eigenvalue weighted by Gasteiger charge is -2.34. The number of likely N-dealkylation sites (tertiary alicyclic amines) is 1. The highest BCUT2D eigenvalue weighted by Gasteiger charge is 2.59. The molecule has 0 aromatic rings. The fourth-order valence-electron chi connectivity index (χ4n) is 3.30. The molecule has 2 rings (SSSR count). The van der Waals surface area contributed by atoms with Crippen LogP contribution >= 0.6 is 0 Å². The average Bonchev–Trinajstić information content (AvgIpc) is 2.79. The number of fused-ring (bicyclic) bond motifs is 1. The number of carbonyl (C=O) groups is 1. The van der Waals surface area contributed by atoms with Crippen molar-refractivity contribution in [1.29, 1.82) is 5.26 Å². The normalized spacial score (nSPS) is 33.4. The number of carbonyl (C=O) groups excluding carboxylic acids is 1. The second-order valence-electron chi connectivity index (χ2n) is 7.36. The summed E-state index contributed by atoms with van der Waals surface area (Å²) in [6.07, 6.45) is 0.0231. The Morgan fingerprint density at radius 2 is 1.82 bits per heavy atom. The van der Waals surface area contributed by atoms with Gasteiger partial charge in [-0.25, -0.2) is 4.79 Å². The Morgan fingerprint density at radius 3 is 2.27 bits per heavy atom. The van der Waals surface area contributed by atoms with Crippen LogP contribution in [0.3, 0.4) is 0 Å². The second-order valence-corrected chi connectivity index (χ2v) is 7.36. The van der Waals surface area contributed by atoms with E-state index in [1.165, 1.54) is 0 Å². The Balaban J connectivity index is 2.28. The molecule has 2 saturated heterocycles. The van der Waals surface area contributed by atoms with Crippen molar-refractivity contribution in [2.24, 2.45) is 0 Å². The van der Waals surface area contributed by atoms with Crippen molar-refractivity contribution in [3.63, 3.8) is 0 Å². The molecule has 2 heterocycles. The topological polar surface area (TPSA) is 71.8 Å². The molecule has 0 bridgehead atoms. The molecule has 2 fully saturated rings. The Kier molecular flexibility index (Phi) is 4.42. The third-order valence-corrected chi connectivity index (χ3v) is 3.96. The SMILES string of the molecule is CCC1C2OC(C)(C)OC2C(CC#N)N1C(=O)OC(C)(C)C. The van der Waals surface area contributed by atoms with Crippen LogP contribution in [0.15, 0.2) is 0 Å². The maximum atomic E-state index is 12.6. The highest BCUT2D eigenvalue weighted by molar-refractivity contribution is 5.70. The van der Waals surface area contributed by atoms with Gasteiger partial charge in [-0.05, 0) is 41.0 Å². The van der Waals surface area contributed by atoms with Gasteiger partial charge in [0.1, 0.15) is 17.8 Å².